The van der Waals surface area contributed by atoms with Crippen LogP contribution in [0.15, 0.2) is 18.2 Å². The normalized spacial score (nSPS) is 17.9. The maximum Gasteiger partial charge on any atom is 0.321 e. The lowest BCUT2D eigenvalue weighted by molar-refractivity contribution is 0.176. The molecule has 0 radical (unpaired) electrons. The third kappa shape index (κ3) is 4.63. The molecule has 0 spiro atoms. The Bertz CT molecular complexity index is 517. The largest absolute Gasteiger partial charge is 0.493 e. The molecule has 5 heteroatoms. The zero-order valence-electron chi connectivity index (χ0n) is 13.6. The van der Waals surface area contributed by atoms with Gasteiger partial charge in [-0.3, -0.25) is 0 Å². The average Bonchev–Trinajstić information content (AvgIpc) is 2.88. The lowest BCUT2D eigenvalue weighted by Gasteiger charge is -2.17. The minimum atomic E-state index is -0.404. The molecule has 1 aromatic carbocycles. The molecule has 2 rings (SSSR count). The monoisotopic (exact) mass is 306 g/mol. The van der Waals surface area contributed by atoms with E-state index in [2.05, 4.69) is 19.2 Å². The van der Waals surface area contributed by atoms with Gasteiger partial charge in [0, 0.05) is 24.8 Å². The maximum atomic E-state index is 12.1. The van der Waals surface area contributed by atoms with Gasteiger partial charge >= 0.3 is 6.03 Å². The zero-order chi connectivity index (χ0) is 16.1. The molecule has 1 aliphatic rings. The summed E-state index contributed by atoms with van der Waals surface area (Å²) in [6.07, 6.45) is 1.24. The fourth-order valence-corrected chi connectivity index (χ4v) is 2.37. The second kappa shape index (κ2) is 7.49. The molecule has 122 valence electrons. The number of ether oxygens (including phenoxy) is 1. The number of hydrogen-bond donors (Lipinski definition) is 2. The van der Waals surface area contributed by atoms with Crippen molar-refractivity contribution < 1.29 is 14.6 Å². The van der Waals surface area contributed by atoms with Gasteiger partial charge in [0.1, 0.15) is 5.75 Å². The third-order valence-corrected chi connectivity index (χ3v) is 3.84. The van der Waals surface area contributed by atoms with E-state index in [-0.39, 0.29) is 6.03 Å². The Morgan fingerprint density at radius 1 is 1.50 bits per heavy atom. The second-order valence-corrected chi connectivity index (χ2v) is 6.33. The molecule has 1 aliphatic heterocycles. The van der Waals surface area contributed by atoms with Gasteiger partial charge in [0.05, 0.1) is 12.7 Å². The molecule has 0 bridgehead atoms. The number of β-amino-alcohol motifs (C(OH)–C–C–N with tert-alkyl or cyclic N) is 1. The van der Waals surface area contributed by atoms with Crippen molar-refractivity contribution in [3.63, 3.8) is 0 Å². The summed E-state index contributed by atoms with van der Waals surface area (Å²) in [5, 5.41) is 12.4. The predicted molar refractivity (Wildman–Crippen MR) is 87.3 cm³/mol. The number of urea groups is 1. The van der Waals surface area contributed by atoms with Crippen molar-refractivity contribution in [3.8, 4) is 5.75 Å². The number of hydrogen-bond acceptors (Lipinski definition) is 3. The first-order chi connectivity index (χ1) is 10.5. The molecule has 2 amide bonds. The van der Waals surface area contributed by atoms with Crippen molar-refractivity contribution in [3.05, 3.63) is 23.8 Å². The summed E-state index contributed by atoms with van der Waals surface area (Å²) in [5.74, 6) is 1.41. The van der Waals surface area contributed by atoms with Gasteiger partial charge in [-0.25, -0.2) is 4.79 Å². The lowest BCUT2D eigenvalue weighted by Crippen LogP contribution is -2.33. The van der Waals surface area contributed by atoms with Crippen molar-refractivity contribution >= 4 is 11.7 Å². The number of nitrogens with zero attached hydrogens (tertiary/aromatic N) is 1. The third-order valence-electron chi connectivity index (χ3n) is 3.84. The quantitative estimate of drug-likeness (QED) is 0.879. The van der Waals surface area contributed by atoms with Crippen LogP contribution in [0.3, 0.4) is 0 Å². The highest BCUT2D eigenvalue weighted by atomic mass is 16.5. The van der Waals surface area contributed by atoms with Crippen molar-refractivity contribution in [2.45, 2.75) is 39.7 Å². The smallest absolute Gasteiger partial charge is 0.321 e. The Balaban J connectivity index is 1.95. The minimum Gasteiger partial charge on any atom is -0.493 e. The summed E-state index contributed by atoms with van der Waals surface area (Å²) in [7, 11) is 0. The van der Waals surface area contributed by atoms with Crippen molar-refractivity contribution in [2.24, 2.45) is 5.92 Å². The first kappa shape index (κ1) is 16.6. The number of anilines is 1. The molecule has 0 aromatic heterocycles. The van der Waals surface area contributed by atoms with Gasteiger partial charge in [0.25, 0.3) is 0 Å². The number of benzene rings is 1. The Morgan fingerprint density at radius 2 is 2.27 bits per heavy atom. The Morgan fingerprint density at radius 3 is 2.91 bits per heavy atom. The van der Waals surface area contributed by atoms with Gasteiger partial charge in [0.15, 0.2) is 0 Å². The SMILES string of the molecule is Cc1ccc(NC(=O)N2CC[C@@H](O)C2)cc1OCCC(C)C. The van der Waals surface area contributed by atoms with Crippen LogP contribution in [0.2, 0.25) is 0 Å². The van der Waals surface area contributed by atoms with Crippen molar-refractivity contribution in [2.75, 3.05) is 25.0 Å². The lowest BCUT2D eigenvalue weighted by atomic mass is 10.1. The first-order valence-corrected chi connectivity index (χ1v) is 7.93. The van der Waals surface area contributed by atoms with E-state index in [0.717, 1.165) is 23.4 Å². The number of likely N-dealkylation sites (tertiary alicyclic amines) is 1. The molecule has 0 aliphatic carbocycles. The van der Waals surface area contributed by atoms with Crippen LogP contribution in [0, 0.1) is 12.8 Å². The summed E-state index contributed by atoms with van der Waals surface area (Å²) in [6.45, 7) is 7.99. The number of aliphatic hydroxyl groups excluding tert-OH is 1. The van der Waals surface area contributed by atoms with Crippen LogP contribution in [0.4, 0.5) is 10.5 Å². The van der Waals surface area contributed by atoms with E-state index < -0.39 is 6.10 Å². The summed E-state index contributed by atoms with van der Waals surface area (Å²) in [6, 6.07) is 5.50. The summed E-state index contributed by atoms with van der Waals surface area (Å²) < 4.78 is 5.81. The van der Waals surface area contributed by atoms with E-state index in [1.165, 1.54) is 0 Å². The van der Waals surface area contributed by atoms with Gasteiger partial charge in [-0.15, -0.1) is 0 Å². The van der Waals surface area contributed by atoms with E-state index in [9.17, 15) is 9.90 Å². The Hall–Kier alpha value is -1.75. The highest BCUT2D eigenvalue weighted by Gasteiger charge is 2.24. The number of rotatable bonds is 5. The van der Waals surface area contributed by atoms with Crippen molar-refractivity contribution in [1.82, 2.24) is 4.90 Å². The topological polar surface area (TPSA) is 61.8 Å². The molecule has 5 nitrogen and oxygen atoms in total. The predicted octanol–water partition coefficient (Wildman–Crippen LogP) is 3.02. The fourth-order valence-electron chi connectivity index (χ4n) is 2.37. The Kier molecular flexibility index (Phi) is 5.66. The van der Waals surface area contributed by atoms with Gasteiger partial charge in [0.2, 0.25) is 0 Å². The summed E-state index contributed by atoms with van der Waals surface area (Å²) >= 11 is 0. The molecule has 1 saturated heterocycles. The number of aliphatic hydroxyl groups is 1. The molecule has 1 aromatic rings. The average molecular weight is 306 g/mol. The maximum absolute atomic E-state index is 12.1. The van der Waals surface area contributed by atoms with Crippen LogP contribution in [0.1, 0.15) is 32.3 Å². The second-order valence-electron chi connectivity index (χ2n) is 6.33. The fraction of sp³-hybridized carbons (Fsp3) is 0.588. The molecule has 1 atom stereocenters. The molecule has 1 heterocycles. The van der Waals surface area contributed by atoms with E-state index in [4.69, 9.17) is 4.74 Å². The number of nitrogens with one attached hydrogen (secondary N) is 1. The van der Waals surface area contributed by atoms with Crippen LogP contribution in [0.5, 0.6) is 5.75 Å². The highest BCUT2D eigenvalue weighted by molar-refractivity contribution is 5.89. The van der Waals surface area contributed by atoms with Gasteiger partial charge in [-0.05, 0) is 37.3 Å². The number of amides is 2. The number of carbonyl (C=O) groups excluding carboxylic acids is 1. The molecular weight excluding hydrogens is 280 g/mol. The number of carbonyl (C=O) groups is 1. The summed E-state index contributed by atoms with van der Waals surface area (Å²) in [5.41, 5.74) is 1.77. The van der Waals surface area contributed by atoms with Gasteiger partial charge < -0.3 is 20.1 Å². The van der Waals surface area contributed by atoms with Crippen LogP contribution < -0.4 is 10.1 Å². The highest BCUT2D eigenvalue weighted by Crippen LogP contribution is 2.24. The Labute approximate surface area is 132 Å². The molecule has 0 saturated carbocycles. The molecular formula is C17H26N2O3. The molecule has 22 heavy (non-hydrogen) atoms. The van der Waals surface area contributed by atoms with Crippen LogP contribution >= 0.6 is 0 Å². The van der Waals surface area contributed by atoms with Gasteiger partial charge in [-0.1, -0.05) is 19.9 Å². The molecule has 1 fully saturated rings. The van der Waals surface area contributed by atoms with Crippen molar-refractivity contribution in [1.29, 1.82) is 0 Å². The summed E-state index contributed by atoms with van der Waals surface area (Å²) in [4.78, 5) is 13.8. The van der Waals surface area contributed by atoms with E-state index in [1.54, 1.807) is 4.90 Å². The van der Waals surface area contributed by atoms with E-state index in [1.807, 2.05) is 25.1 Å². The first-order valence-electron chi connectivity index (χ1n) is 7.93. The van der Waals surface area contributed by atoms with E-state index in [0.29, 0.717) is 32.0 Å². The minimum absolute atomic E-state index is 0.173. The standard InChI is InChI=1S/C17H26N2O3/c1-12(2)7-9-22-16-10-14(5-4-13(16)3)18-17(21)19-8-6-15(20)11-19/h4-5,10,12,15,20H,6-9,11H2,1-3H3,(H,18,21)/t15-/m1/s1. The van der Waals surface area contributed by atoms with E-state index >= 15 is 0 Å². The van der Waals surface area contributed by atoms with Gasteiger partial charge in [-0.2, -0.15) is 0 Å². The van der Waals surface area contributed by atoms with Crippen LogP contribution in [0.25, 0.3) is 0 Å². The molecule has 0 unspecified atom stereocenters. The number of aryl methyl sites for hydroxylation is 1. The van der Waals surface area contributed by atoms with Crippen LogP contribution in [-0.4, -0.2) is 41.8 Å². The van der Waals surface area contributed by atoms with Crippen LogP contribution in [-0.2, 0) is 0 Å². The molecule has 2 N–H and O–H groups in total. The zero-order valence-corrected chi connectivity index (χ0v) is 13.6.